The van der Waals surface area contributed by atoms with Gasteiger partial charge in [-0.25, -0.2) is 0 Å². The Labute approximate surface area is 219 Å². The maximum Gasteiger partial charge on any atom is 0.416 e. The van der Waals surface area contributed by atoms with Gasteiger partial charge in [-0.05, 0) is 55.3 Å². The van der Waals surface area contributed by atoms with Gasteiger partial charge in [-0.3, -0.25) is 4.79 Å². The third-order valence-corrected chi connectivity index (χ3v) is 7.01. The van der Waals surface area contributed by atoms with Crippen LogP contribution in [0.25, 0.3) is 0 Å². The van der Waals surface area contributed by atoms with E-state index in [9.17, 15) is 31.1 Å². The van der Waals surface area contributed by atoms with Gasteiger partial charge in [-0.1, -0.05) is 44.2 Å². The van der Waals surface area contributed by atoms with Crippen LogP contribution in [0.15, 0.2) is 48.5 Å². The summed E-state index contributed by atoms with van der Waals surface area (Å²) >= 11 is 0. The second kappa shape index (κ2) is 13.0. The minimum atomic E-state index is -4.91. The van der Waals surface area contributed by atoms with E-state index in [4.69, 9.17) is 4.74 Å². The van der Waals surface area contributed by atoms with E-state index in [0.29, 0.717) is 51.0 Å². The fourth-order valence-corrected chi connectivity index (χ4v) is 4.83. The summed E-state index contributed by atoms with van der Waals surface area (Å²) in [4.78, 5) is 16.9. The average molecular weight is 545 g/mol. The molecule has 0 aromatic heterocycles. The second-order valence-electron chi connectivity index (χ2n) is 9.62. The number of alkyl halides is 6. The van der Waals surface area contributed by atoms with E-state index in [2.05, 4.69) is 4.90 Å². The molecule has 0 radical (unpaired) electrons. The number of hydrogen-bond donors (Lipinski definition) is 0. The maximum atomic E-state index is 13.3. The van der Waals surface area contributed by atoms with Gasteiger partial charge >= 0.3 is 12.4 Å². The van der Waals surface area contributed by atoms with Crippen LogP contribution in [-0.4, -0.2) is 54.5 Å². The molecule has 0 aliphatic carbocycles. The zero-order chi connectivity index (χ0) is 27.9. The van der Waals surface area contributed by atoms with Gasteiger partial charge < -0.3 is 14.5 Å². The largest absolute Gasteiger partial charge is 0.416 e. The number of piperidine rings is 1. The summed E-state index contributed by atoms with van der Waals surface area (Å²) < 4.78 is 85.6. The van der Waals surface area contributed by atoms with Crippen LogP contribution in [0.4, 0.5) is 26.3 Å². The Morgan fingerprint density at radius 3 is 2.11 bits per heavy atom. The first-order valence-electron chi connectivity index (χ1n) is 12.8. The molecule has 3 rings (SSSR count). The van der Waals surface area contributed by atoms with Crippen LogP contribution in [0.2, 0.25) is 0 Å². The lowest BCUT2D eigenvalue weighted by molar-refractivity contribution is -0.143. The zero-order valence-electron chi connectivity index (χ0n) is 21.6. The molecule has 38 heavy (non-hydrogen) atoms. The number of nitrogens with zero attached hydrogens (tertiary/aromatic N) is 2. The zero-order valence-corrected chi connectivity index (χ0v) is 21.6. The number of hydrogen-bond acceptors (Lipinski definition) is 3. The molecule has 1 heterocycles. The van der Waals surface area contributed by atoms with Crippen molar-refractivity contribution in [3.05, 3.63) is 70.8 Å². The number of rotatable bonds is 10. The highest BCUT2D eigenvalue weighted by Crippen LogP contribution is 2.37. The molecule has 2 atom stereocenters. The summed E-state index contributed by atoms with van der Waals surface area (Å²) in [6.07, 6.45) is -8.85. The fraction of sp³-hybridized carbons (Fsp3) is 0.536. The van der Waals surface area contributed by atoms with Gasteiger partial charge in [0.15, 0.2) is 0 Å². The standard InChI is InChI=1S/C28H34F6N2O2/c1-3-35(4-2)12-11-26(37)36-13-10-25(22(18-36)14-20-8-6-5-7-9-20)38-19-21-15-23(27(29,30)31)17-24(16-21)28(32,33)34/h5-9,15-17,22,25H,3-4,10-14,18-19H2,1-2H3/t22-,25+/m1/s1. The molecule has 4 nitrogen and oxygen atoms in total. The lowest BCUT2D eigenvalue weighted by Gasteiger charge is -2.39. The van der Waals surface area contributed by atoms with Crippen molar-refractivity contribution in [2.45, 2.75) is 58.2 Å². The number of ether oxygens (including phenoxy) is 1. The Balaban J connectivity index is 1.75. The van der Waals surface area contributed by atoms with Gasteiger partial charge in [0, 0.05) is 32.0 Å². The van der Waals surface area contributed by atoms with Crippen LogP contribution < -0.4 is 0 Å². The van der Waals surface area contributed by atoms with Crippen molar-refractivity contribution in [2.75, 3.05) is 32.7 Å². The Bertz CT molecular complexity index is 1010. The average Bonchev–Trinajstić information content (AvgIpc) is 2.87. The topological polar surface area (TPSA) is 32.8 Å². The van der Waals surface area contributed by atoms with Gasteiger partial charge in [0.1, 0.15) is 0 Å². The van der Waals surface area contributed by atoms with Crippen molar-refractivity contribution >= 4 is 5.91 Å². The summed E-state index contributed by atoms with van der Waals surface area (Å²) in [7, 11) is 0. The molecule has 210 valence electrons. The molecule has 10 heteroatoms. The second-order valence-corrected chi connectivity index (χ2v) is 9.62. The van der Waals surface area contributed by atoms with E-state index >= 15 is 0 Å². The highest BCUT2D eigenvalue weighted by molar-refractivity contribution is 5.76. The molecule has 1 saturated heterocycles. The van der Waals surface area contributed by atoms with Crippen molar-refractivity contribution in [2.24, 2.45) is 5.92 Å². The highest BCUT2D eigenvalue weighted by Gasteiger charge is 2.37. The monoisotopic (exact) mass is 544 g/mol. The first-order valence-corrected chi connectivity index (χ1v) is 12.8. The minimum absolute atomic E-state index is 0.0288. The number of carbonyl (C=O) groups is 1. The predicted octanol–water partition coefficient (Wildman–Crippen LogP) is 6.43. The normalized spacial score (nSPS) is 18.7. The maximum absolute atomic E-state index is 13.3. The Morgan fingerprint density at radius 1 is 0.947 bits per heavy atom. The van der Waals surface area contributed by atoms with E-state index in [1.54, 1.807) is 4.90 Å². The van der Waals surface area contributed by atoms with Crippen LogP contribution >= 0.6 is 0 Å². The van der Waals surface area contributed by atoms with E-state index in [1.165, 1.54) is 0 Å². The molecule has 0 spiro atoms. The molecular weight excluding hydrogens is 510 g/mol. The van der Waals surface area contributed by atoms with Gasteiger partial charge in [-0.2, -0.15) is 26.3 Å². The summed E-state index contributed by atoms with van der Waals surface area (Å²) in [5.74, 6) is -0.127. The first-order chi connectivity index (χ1) is 17.9. The van der Waals surface area contributed by atoms with Crippen LogP contribution in [0, 0.1) is 5.92 Å². The number of halogens is 6. The summed E-state index contributed by atoms with van der Waals surface area (Å²) in [6, 6.07) is 11.1. The third-order valence-electron chi connectivity index (χ3n) is 7.01. The van der Waals surface area contributed by atoms with Gasteiger partial charge in [0.05, 0.1) is 23.8 Å². The molecule has 0 saturated carbocycles. The molecule has 2 aromatic carbocycles. The van der Waals surface area contributed by atoms with Crippen molar-refractivity contribution in [3.63, 3.8) is 0 Å². The number of amides is 1. The lowest BCUT2D eigenvalue weighted by atomic mass is 9.88. The molecule has 0 N–H and O–H groups in total. The van der Waals surface area contributed by atoms with Crippen LogP contribution in [0.3, 0.4) is 0 Å². The van der Waals surface area contributed by atoms with E-state index < -0.39 is 36.2 Å². The van der Waals surface area contributed by atoms with Crippen LogP contribution in [0.5, 0.6) is 0 Å². The summed E-state index contributed by atoms with van der Waals surface area (Å²) in [6.45, 7) is 6.87. The molecular formula is C28H34F6N2O2. The third kappa shape index (κ3) is 8.46. The number of carbonyl (C=O) groups excluding carboxylic acids is 1. The molecule has 2 aromatic rings. The van der Waals surface area contributed by atoms with Gasteiger partial charge in [-0.15, -0.1) is 0 Å². The molecule has 1 amide bonds. The number of likely N-dealkylation sites (tertiary alicyclic amines) is 1. The summed E-state index contributed by atoms with van der Waals surface area (Å²) in [5, 5.41) is 0. The fourth-order valence-electron chi connectivity index (χ4n) is 4.83. The van der Waals surface area contributed by atoms with Crippen molar-refractivity contribution in [1.29, 1.82) is 0 Å². The Morgan fingerprint density at radius 2 is 1.55 bits per heavy atom. The summed E-state index contributed by atoms with van der Waals surface area (Å²) in [5.41, 5.74) is -1.90. The van der Waals surface area contributed by atoms with Crippen molar-refractivity contribution < 1.29 is 35.9 Å². The Hall–Kier alpha value is -2.59. The Kier molecular flexibility index (Phi) is 10.2. The van der Waals surface area contributed by atoms with E-state index in [-0.39, 0.29) is 23.5 Å². The highest BCUT2D eigenvalue weighted by atomic mass is 19.4. The molecule has 0 bridgehead atoms. The van der Waals surface area contributed by atoms with Crippen molar-refractivity contribution in [3.8, 4) is 0 Å². The number of benzene rings is 2. The predicted molar refractivity (Wildman–Crippen MR) is 132 cm³/mol. The van der Waals surface area contributed by atoms with Gasteiger partial charge in [0.2, 0.25) is 5.91 Å². The molecule has 1 aliphatic heterocycles. The first kappa shape index (κ1) is 30.0. The quantitative estimate of drug-likeness (QED) is 0.323. The molecule has 1 fully saturated rings. The van der Waals surface area contributed by atoms with Gasteiger partial charge in [0.25, 0.3) is 0 Å². The minimum Gasteiger partial charge on any atom is -0.373 e. The SMILES string of the molecule is CCN(CC)CCC(=O)N1CC[C@H](OCc2cc(C(F)(F)F)cc(C(F)(F)F)c2)[C@H](Cc2ccccc2)C1. The molecule has 0 unspecified atom stereocenters. The molecule has 1 aliphatic rings. The van der Waals surface area contributed by atoms with E-state index in [1.807, 2.05) is 44.2 Å². The smallest absolute Gasteiger partial charge is 0.373 e. The van der Waals surface area contributed by atoms with Crippen LogP contribution in [0.1, 0.15) is 48.9 Å². The van der Waals surface area contributed by atoms with Crippen molar-refractivity contribution in [1.82, 2.24) is 9.80 Å². The van der Waals surface area contributed by atoms with E-state index in [0.717, 1.165) is 18.7 Å². The lowest BCUT2D eigenvalue weighted by Crippen LogP contribution is -2.48. The van der Waals surface area contributed by atoms with Crippen LogP contribution in [-0.2, 0) is 34.9 Å².